The molecule has 0 aromatic heterocycles. The van der Waals surface area contributed by atoms with Crippen molar-refractivity contribution in [2.45, 2.75) is 0 Å². The molecule has 0 radical (unpaired) electrons. The van der Waals surface area contributed by atoms with E-state index < -0.39 is 9.04 Å². The number of hydrogen-bond donors (Lipinski definition) is 0. The zero-order valence-electron chi connectivity index (χ0n) is 9.17. The molecule has 82 valence electrons. The van der Waals surface area contributed by atoms with Crippen molar-refractivity contribution in [1.29, 1.82) is 0 Å². The monoisotopic (exact) mass is 246 g/mol. The van der Waals surface area contributed by atoms with Gasteiger partial charge in [0.1, 0.15) is 0 Å². The lowest BCUT2D eigenvalue weighted by molar-refractivity contribution is 0.699. The Morgan fingerprint density at radius 2 is 1.25 bits per heavy atom. The van der Waals surface area contributed by atoms with E-state index in [2.05, 4.69) is 48.5 Å². The van der Waals surface area contributed by atoms with Crippen molar-refractivity contribution < 1.29 is 3.87 Å². The molecule has 0 fully saturated rings. The second-order valence-corrected chi connectivity index (χ2v) is 6.66. The molecule has 0 N–H and O–H groups in total. The van der Waals surface area contributed by atoms with Gasteiger partial charge in [-0.15, -0.1) is 0 Å². The maximum Gasteiger partial charge on any atom is 0.257 e. The van der Waals surface area contributed by atoms with Gasteiger partial charge in [0, 0.05) is 6.26 Å². The summed E-state index contributed by atoms with van der Waals surface area (Å²) in [5.74, 6) is 0. The third kappa shape index (κ3) is 2.75. The first-order chi connectivity index (χ1) is 7.92. The molecule has 0 atom stereocenters. The minimum Gasteiger partial charge on any atom is -0.350 e. The normalized spacial score (nSPS) is 10.6. The molecule has 0 amide bonds. The van der Waals surface area contributed by atoms with E-state index in [0.717, 1.165) is 0 Å². The Morgan fingerprint density at radius 1 is 0.812 bits per heavy atom. The molecule has 0 aliphatic rings. The third-order valence-electron chi connectivity index (χ3n) is 2.40. The molecule has 0 bridgehead atoms. The molecule has 2 aromatic rings. The van der Waals surface area contributed by atoms with Gasteiger partial charge in [0.25, 0.3) is 9.04 Å². The number of rotatable bonds is 4. The Kier molecular flexibility index (Phi) is 4.22. The second-order valence-electron chi connectivity index (χ2n) is 3.46. The average Bonchev–Trinajstić information content (AvgIpc) is 2.38. The summed E-state index contributed by atoms with van der Waals surface area (Å²) in [6.07, 6.45) is 1.98. The molecular weight excluding hydrogens is 232 g/mol. The highest BCUT2D eigenvalue weighted by molar-refractivity contribution is 7.94. The van der Waals surface area contributed by atoms with E-state index in [1.807, 2.05) is 18.4 Å². The molecule has 2 rings (SSSR count). The Bertz CT molecular complexity index is 379. The van der Waals surface area contributed by atoms with Gasteiger partial charge in [0.15, 0.2) is 0 Å². The number of benzene rings is 2. The molecular formula is C13H14OSSi. The SMILES string of the molecule is CSO[SiH](c1ccccc1)c1ccccc1. The van der Waals surface area contributed by atoms with Crippen LogP contribution in [0.2, 0.25) is 0 Å². The van der Waals surface area contributed by atoms with E-state index >= 15 is 0 Å². The first kappa shape index (κ1) is 11.5. The third-order valence-corrected chi connectivity index (χ3v) is 5.92. The van der Waals surface area contributed by atoms with Crippen molar-refractivity contribution in [3.8, 4) is 0 Å². The molecule has 2 aromatic carbocycles. The molecule has 3 heteroatoms. The van der Waals surface area contributed by atoms with E-state index in [1.165, 1.54) is 22.4 Å². The van der Waals surface area contributed by atoms with Gasteiger partial charge >= 0.3 is 0 Å². The minimum absolute atomic E-state index is 1.32. The van der Waals surface area contributed by atoms with Crippen molar-refractivity contribution in [2.75, 3.05) is 6.26 Å². The minimum atomic E-state index is -1.49. The van der Waals surface area contributed by atoms with Gasteiger partial charge in [-0.05, 0) is 22.4 Å². The summed E-state index contributed by atoms with van der Waals surface area (Å²) in [6, 6.07) is 21.0. The van der Waals surface area contributed by atoms with Crippen LogP contribution in [0.15, 0.2) is 60.7 Å². The quantitative estimate of drug-likeness (QED) is 0.601. The largest absolute Gasteiger partial charge is 0.350 e. The molecule has 1 nitrogen and oxygen atoms in total. The van der Waals surface area contributed by atoms with Crippen LogP contribution in [0.4, 0.5) is 0 Å². The summed E-state index contributed by atoms with van der Waals surface area (Å²) in [4.78, 5) is 0. The van der Waals surface area contributed by atoms with E-state index in [1.54, 1.807) is 0 Å². The molecule has 0 heterocycles. The fourth-order valence-corrected chi connectivity index (χ4v) is 4.84. The summed E-state index contributed by atoms with van der Waals surface area (Å²) < 4.78 is 5.87. The van der Waals surface area contributed by atoms with Crippen LogP contribution >= 0.6 is 12.0 Å². The molecule has 0 aliphatic carbocycles. The molecule has 0 aliphatic heterocycles. The van der Waals surface area contributed by atoms with E-state index in [0.29, 0.717) is 0 Å². The van der Waals surface area contributed by atoms with Crippen LogP contribution in [0.3, 0.4) is 0 Å². The van der Waals surface area contributed by atoms with E-state index in [-0.39, 0.29) is 0 Å². The summed E-state index contributed by atoms with van der Waals surface area (Å²) in [5, 5.41) is 2.64. The summed E-state index contributed by atoms with van der Waals surface area (Å²) >= 11 is 1.46. The highest BCUT2D eigenvalue weighted by Crippen LogP contribution is 2.01. The Balaban J connectivity index is 2.31. The highest BCUT2D eigenvalue weighted by atomic mass is 32.2. The van der Waals surface area contributed by atoms with Crippen LogP contribution in [-0.2, 0) is 3.87 Å². The lowest BCUT2D eigenvalue weighted by Crippen LogP contribution is -2.43. The Morgan fingerprint density at radius 3 is 1.62 bits per heavy atom. The smallest absolute Gasteiger partial charge is 0.257 e. The average molecular weight is 246 g/mol. The van der Waals surface area contributed by atoms with Crippen LogP contribution in [-0.4, -0.2) is 15.3 Å². The predicted molar refractivity (Wildman–Crippen MR) is 73.9 cm³/mol. The summed E-state index contributed by atoms with van der Waals surface area (Å²) in [5.41, 5.74) is 0. The first-order valence-electron chi connectivity index (χ1n) is 5.21. The standard InChI is InChI=1S/C13H14OSSi/c1-15-14-16(12-8-4-2-5-9-12)13-10-6-3-7-11-13/h2-11,16H,1H3. The molecule has 0 saturated carbocycles. The van der Waals surface area contributed by atoms with Gasteiger partial charge in [0.2, 0.25) is 0 Å². The maximum absolute atomic E-state index is 5.87. The number of hydrogen-bond acceptors (Lipinski definition) is 2. The van der Waals surface area contributed by atoms with Gasteiger partial charge < -0.3 is 3.87 Å². The van der Waals surface area contributed by atoms with Crippen LogP contribution in [0.25, 0.3) is 0 Å². The van der Waals surface area contributed by atoms with Crippen molar-refractivity contribution in [3.05, 3.63) is 60.7 Å². The predicted octanol–water partition coefficient (Wildman–Crippen LogP) is 1.82. The second kappa shape index (κ2) is 5.89. The van der Waals surface area contributed by atoms with Crippen molar-refractivity contribution >= 4 is 31.5 Å². The Hall–Kier alpha value is -1.03. The highest BCUT2D eigenvalue weighted by Gasteiger charge is 2.16. The first-order valence-corrected chi connectivity index (χ1v) is 7.99. The maximum atomic E-state index is 5.87. The lowest BCUT2D eigenvalue weighted by Gasteiger charge is -2.14. The zero-order valence-corrected chi connectivity index (χ0v) is 11.1. The van der Waals surface area contributed by atoms with Crippen LogP contribution in [0, 0.1) is 0 Å². The molecule has 0 saturated heterocycles. The lowest BCUT2D eigenvalue weighted by atomic mass is 10.4. The summed E-state index contributed by atoms with van der Waals surface area (Å²) in [7, 11) is -1.49. The Labute approximate surface area is 102 Å². The fraction of sp³-hybridized carbons (Fsp3) is 0.0769. The van der Waals surface area contributed by atoms with E-state index in [4.69, 9.17) is 3.87 Å². The van der Waals surface area contributed by atoms with Crippen molar-refractivity contribution in [1.82, 2.24) is 0 Å². The van der Waals surface area contributed by atoms with Crippen molar-refractivity contribution in [3.63, 3.8) is 0 Å². The topological polar surface area (TPSA) is 9.23 Å². The van der Waals surface area contributed by atoms with Crippen LogP contribution in [0.1, 0.15) is 0 Å². The zero-order chi connectivity index (χ0) is 11.2. The van der Waals surface area contributed by atoms with Gasteiger partial charge in [-0.25, -0.2) is 0 Å². The van der Waals surface area contributed by atoms with Gasteiger partial charge in [0.05, 0.1) is 0 Å². The molecule has 16 heavy (non-hydrogen) atoms. The van der Waals surface area contributed by atoms with Gasteiger partial charge in [-0.3, -0.25) is 0 Å². The molecule has 0 spiro atoms. The van der Waals surface area contributed by atoms with Crippen LogP contribution < -0.4 is 10.4 Å². The van der Waals surface area contributed by atoms with Crippen molar-refractivity contribution in [2.24, 2.45) is 0 Å². The van der Waals surface area contributed by atoms with Gasteiger partial charge in [-0.1, -0.05) is 60.7 Å². The van der Waals surface area contributed by atoms with Crippen LogP contribution in [0.5, 0.6) is 0 Å². The summed E-state index contributed by atoms with van der Waals surface area (Å²) in [6.45, 7) is 0. The fourth-order valence-electron chi connectivity index (χ4n) is 1.66. The van der Waals surface area contributed by atoms with E-state index in [9.17, 15) is 0 Å². The molecule has 0 unspecified atom stereocenters. The van der Waals surface area contributed by atoms with Gasteiger partial charge in [-0.2, -0.15) is 0 Å².